The van der Waals surface area contributed by atoms with E-state index in [1.54, 1.807) is 18.2 Å². The Kier molecular flexibility index (Phi) is 4.85. The summed E-state index contributed by atoms with van der Waals surface area (Å²) in [5, 5.41) is 4.72. The summed E-state index contributed by atoms with van der Waals surface area (Å²) in [6.45, 7) is 0. The van der Waals surface area contributed by atoms with Gasteiger partial charge in [-0.2, -0.15) is 0 Å². The van der Waals surface area contributed by atoms with E-state index in [9.17, 15) is 4.79 Å². The molecule has 1 aromatic heterocycles. The largest absolute Gasteiger partial charge is 0.349 e. The van der Waals surface area contributed by atoms with Gasteiger partial charge in [0.1, 0.15) is 0 Å². The van der Waals surface area contributed by atoms with E-state index >= 15 is 0 Å². The summed E-state index contributed by atoms with van der Waals surface area (Å²) in [7, 11) is 2.00. The number of hydrogen-bond donors (Lipinski definition) is 1. The van der Waals surface area contributed by atoms with Gasteiger partial charge in [-0.3, -0.25) is 4.79 Å². The lowest BCUT2D eigenvalue weighted by Crippen LogP contribution is -2.14. The van der Waals surface area contributed by atoms with Crippen LogP contribution in [-0.4, -0.2) is 16.2 Å². The van der Waals surface area contributed by atoms with Gasteiger partial charge in [0.05, 0.1) is 21.5 Å². The molecule has 1 amide bonds. The lowest BCUT2D eigenvalue weighted by atomic mass is 10.2. The predicted molar refractivity (Wildman–Crippen MR) is 98.7 cm³/mol. The molecule has 0 saturated heterocycles. The summed E-state index contributed by atoms with van der Waals surface area (Å²) in [6.07, 6.45) is 2.04. The molecule has 0 saturated carbocycles. The van der Waals surface area contributed by atoms with E-state index in [1.165, 1.54) is 11.8 Å². The van der Waals surface area contributed by atoms with Gasteiger partial charge in [-0.1, -0.05) is 47.5 Å². The third-order valence-electron chi connectivity index (χ3n) is 3.44. The Morgan fingerprint density at radius 2 is 1.96 bits per heavy atom. The van der Waals surface area contributed by atoms with Crippen molar-refractivity contribution in [3.05, 3.63) is 58.7 Å². The maximum atomic E-state index is 12.2. The van der Waals surface area contributed by atoms with Gasteiger partial charge in [0.25, 0.3) is 0 Å². The van der Waals surface area contributed by atoms with Gasteiger partial charge in [0.2, 0.25) is 5.91 Å². The van der Waals surface area contributed by atoms with E-state index in [2.05, 4.69) is 22.0 Å². The molecule has 0 bridgehead atoms. The van der Waals surface area contributed by atoms with Gasteiger partial charge in [0, 0.05) is 29.0 Å². The molecule has 0 fully saturated rings. The summed E-state index contributed by atoms with van der Waals surface area (Å²) < 4.78 is 2.06. The molecule has 0 atom stereocenters. The van der Waals surface area contributed by atoms with Gasteiger partial charge in [-0.15, -0.1) is 11.8 Å². The zero-order chi connectivity index (χ0) is 16.4. The lowest BCUT2D eigenvalue weighted by molar-refractivity contribution is -0.113. The van der Waals surface area contributed by atoms with Crippen LogP contribution < -0.4 is 5.32 Å². The molecular weight excluding hydrogens is 351 g/mol. The number of rotatable bonds is 4. The summed E-state index contributed by atoms with van der Waals surface area (Å²) in [5.74, 6) is 0.184. The quantitative estimate of drug-likeness (QED) is 0.644. The number of fused-ring (bicyclic) bond motifs is 1. The first-order valence-electron chi connectivity index (χ1n) is 6.97. The molecule has 1 heterocycles. The van der Waals surface area contributed by atoms with Gasteiger partial charge in [-0.05, 0) is 18.2 Å². The Bertz CT molecular complexity index is 876. The van der Waals surface area contributed by atoms with Crippen LogP contribution in [0.3, 0.4) is 0 Å². The van der Waals surface area contributed by atoms with Crippen molar-refractivity contribution in [2.75, 3.05) is 11.1 Å². The smallest absolute Gasteiger partial charge is 0.234 e. The van der Waals surface area contributed by atoms with Crippen molar-refractivity contribution in [2.45, 2.75) is 4.90 Å². The third kappa shape index (κ3) is 3.50. The number of nitrogens with zero attached hydrogens (tertiary/aromatic N) is 1. The van der Waals surface area contributed by atoms with Gasteiger partial charge in [0.15, 0.2) is 0 Å². The third-order valence-corrected chi connectivity index (χ3v) is 5.31. The standard InChI is InChI=1S/C17H14Cl2N2OS/c1-21-9-15(11-5-2-3-8-14(11)21)23-10-16(22)20-13-7-4-6-12(18)17(13)19/h2-9H,10H2,1H3,(H,20,22). The highest BCUT2D eigenvalue weighted by Crippen LogP contribution is 2.31. The fraction of sp³-hybridized carbons (Fsp3) is 0.118. The molecule has 3 rings (SSSR count). The second-order valence-electron chi connectivity index (χ2n) is 5.06. The number of carbonyl (C=O) groups excluding carboxylic acids is 1. The second kappa shape index (κ2) is 6.87. The molecule has 118 valence electrons. The Morgan fingerprint density at radius 3 is 2.78 bits per heavy atom. The molecule has 23 heavy (non-hydrogen) atoms. The van der Waals surface area contributed by atoms with Crippen LogP contribution in [0.1, 0.15) is 0 Å². The fourth-order valence-electron chi connectivity index (χ4n) is 2.35. The molecule has 0 aliphatic carbocycles. The number of benzene rings is 2. The minimum Gasteiger partial charge on any atom is -0.349 e. The van der Waals surface area contributed by atoms with E-state index < -0.39 is 0 Å². The average Bonchev–Trinajstić information content (AvgIpc) is 2.87. The minimum absolute atomic E-state index is 0.118. The highest BCUT2D eigenvalue weighted by molar-refractivity contribution is 8.00. The highest BCUT2D eigenvalue weighted by Gasteiger charge is 2.11. The zero-order valence-corrected chi connectivity index (χ0v) is 14.7. The molecule has 3 nitrogen and oxygen atoms in total. The number of carbonyl (C=O) groups is 1. The number of aromatic nitrogens is 1. The predicted octanol–water partition coefficient (Wildman–Crippen LogP) is 5.22. The van der Waals surface area contributed by atoms with Gasteiger partial charge in [-0.25, -0.2) is 0 Å². The second-order valence-corrected chi connectivity index (χ2v) is 6.86. The molecule has 0 aliphatic rings. The molecule has 0 spiro atoms. The SMILES string of the molecule is Cn1cc(SCC(=O)Nc2cccc(Cl)c2Cl)c2ccccc21. The molecule has 0 radical (unpaired) electrons. The Labute approximate surface area is 148 Å². The summed E-state index contributed by atoms with van der Waals surface area (Å²) in [4.78, 5) is 13.2. The normalized spacial score (nSPS) is 10.9. The number of thioether (sulfide) groups is 1. The number of amides is 1. The van der Waals surface area contributed by atoms with E-state index in [4.69, 9.17) is 23.2 Å². The lowest BCUT2D eigenvalue weighted by Gasteiger charge is -2.07. The van der Waals surface area contributed by atoms with Crippen LogP contribution in [0, 0.1) is 0 Å². The first-order chi connectivity index (χ1) is 11.1. The van der Waals surface area contributed by atoms with Gasteiger partial charge >= 0.3 is 0 Å². The Balaban J connectivity index is 1.70. The topological polar surface area (TPSA) is 34.0 Å². The number of hydrogen-bond acceptors (Lipinski definition) is 2. The summed E-state index contributed by atoms with van der Waals surface area (Å²) in [6, 6.07) is 13.3. The molecular formula is C17H14Cl2N2OS. The average molecular weight is 365 g/mol. The number of nitrogens with one attached hydrogen (secondary N) is 1. The molecule has 1 N–H and O–H groups in total. The number of halogens is 2. The monoisotopic (exact) mass is 364 g/mol. The van der Waals surface area contributed by atoms with Crippen LogP contribution >= 0.6 is 35.0 Å². The van der Waals surface area contributed by atoms with E-state index in [0.29, 0.717) is 21.5 Å². The maximum Gasteiger partial charge on any atom is 0.234 e. The van der Waals surface area contributed by atoms with Crippen molar-refractivity contribution in [3.63, 3.8) is 0 Å². The molecule has 6 heteroatoms. The van der Waals surface area contributed by atoms with Crippen LogP contribution in [0.25, 0.3) is 10.9 Å². The molecule has 2 aromatic carbocycles. The highest BCUT2D eigenvalue weighted by atomic mass is 35.5. The van der Waals surface area contributed by atoms with E-state index in [-0.39, 0.29) is 5.91 Å². The number of anilines is 1. The Morgan fingerprint density at radius 1 is 1.17 bits per heavy atom. The first kappa shape index (κ1) is 16.2. The van der Waals surface area contributed by atoms with Crippen LogP contribution in [0.5, 0.6) is 0 Å². The van der Waals surface area contributed by atoms with Crippen molar-refractivity contribution in [3.8, 4) is 0 Å². The number of para-hydroxylation sites is 1. The van der Waals surface area contributed by atoms with Crippen molar-refractivity contribution >= 4 is 57.5 Å². The molecule has 3 aromatic rings. The molecule has 0 aliphatic heterocycles. The van der Waals surface area contributed by atoms with Crippen LogP contribution in [0.15, 0.2) is 53.6 Å². The van der Waals surface area contributed by atoms with Gasteiger partial charge < -0.3 is 9.88 Å². The van der Waals surface area contributed by atoms with Crippen LogP contribution in [0.4, 0.5) is 5.69 Å². The van der Waals surface area contributed by atoms with Crippen molar-refractivity contribution in [2.24, 2.45) is 7.05 Å². The van der Waals surface area contributed by atoms with Crippen molar-refractivity contribution < 1.29 is 4.79 Å². The van der Waals surface area contributed by atoms with Crippen LogP contribution in [0.2, 0.25) is 10.0 Å². The Hall–Kier alpha value is -1.62. The van der Waals surface area contributed by atoms with Crippen molar-refractivity contribution in [1.29, 1.82) is 0 Å². The summed E-state index contributed by atoms with van der Waals surface area (Å²) >= 11 is 13.5. The minimum atomic E-state index is -0.118. The summed E-state index contributed by atoms with van der Waals surface area (Å²) in [5.41, 5.74) is 1.68. The molecule has 0 unspecified atom stereocenters. The zero-order valence-electron chi connectivity index (χ0n) is 12.3. The first-order valence-corrected chi connectivity index (χ1v) is 8.71. The maximum absolute atomic E-state index is 12.2. The number of aryl methyl sites for hydroxylation is 1. The van der Waals surface area contributed by atoms with E-state index in [0.717, 1.165) is 15.8 Å². The van der Waals surface area contributed by atoms with Crippen molar-refractivity contribution in [1.82, 2.24) is 4.57 Å². The fourth-order valence-corrected chi connectivity index (χ4v) is 3.62. The van der Waals surface area contributed by atoms with E-state index in [1.807, 2.05) is 25.4 Å². The van der Waals surface area contributed by atoms with Crippen LogP contribution in [-0.2, 0) is 11.8 Å².